The first kappa shape index (κ1) is 22.4. The van der Waals surface area contributed by atoms with Gasteiger partial charge in [0.1, 0.15) is 5.76 Å². The first-order chi connectivity index (χ1) is 14.6. The van der Waals surface area contributed by atoms with Gasteiger partial charge in [-0.05, 0) is 57.3 Å². The number of likely N-dealkylation sites (tertiary alicyclic amines) is 1. The van der Waals surface area contributed by atoms with Crippen molar-refractivity contribution in [2.75, 3.05) is 34.3 Å². The molecular weight excluding hydrogens is 396 g/mol. The van der Waals surface area contributed by atoms with Crippen LogP contribution in [0.3, 0.4) is 0 Å². The number of carbonyl (C=O) groups is 2. The van der Waals surface area contributed by atoms with Crippen LogP contribution in [-0.4, -0.2) is 66.0 Å². The van der Waals surface area contributed by atoms with E-state index in [9.17, 15) is 19.8 Å². The van der Waals surface area contributed by atoms with Crippen LogP contribution in [-0.2, 0) is 9.59 Å². The van der Waals surface area contributed by atoms with E-state index in [1.807, 2.05) is 45.0 Å². The van der Waals surface area contributed by atoms with Gasteiger partial charge >= 0.3 is 0 Å². The molecular formula is C24H28N2O5. The summed E-state index contributed by atoms with van der Waals surface area (Å²) in [7, 11) is 5.19. The number of aliphatic hydroxyl groups is 1. The van der Waals surface area contributed by atoms with Gasteiger partial charge in [0.15, 0.2) is 11.5 Å². The molecule has 1 aliphatic rings. The SMILES string of the molecule is COc1cc([C@H]2/C(=C(\O)c3cc(C)ccc3C)C(=O)C(=O)N2CCN(C)C)ccc1O. The fourth-order valence-electron chi connectivity index (χ4n) is 3.77. The fraction of sp³-hybridized carbons (Fsp3) is 0.333. The zero-order chi connectivity index (χ0) is 22.9. The summed E-state index contributed by atoms with van der Waals surface area (Å²) < 4.78 is 5.22. The molecule has 0 bridgehead atoms. The number of ketones is 1. The van der Waals surface area contributed by atoms with Crippen LogP contribution >= 0.6 is 0 Å². The van der Waals surface area contributed by atoms with Crippen molar-refractivity contribution in [2.45, 2.75) is 19.9 Å². The van der Waals surface area contributed by atoms with Gasteiger partial charge in [-0.25, -0.2) is 0 Å². The largest absolute Gasteiger partial charge is 0.507 e. The lowest BCUT2D eigenvalue weighted by atomic mass is 9.93. The lowest BCUT2D eigenvalue weighted by Crippen LogP contribution is -2.35. The van der Waals surface area contributed by atoms with Gasteiger partial charge in [-0.1, -0.05) is 23.8 Å². The molecule has 0 aromatic heterocycles. The molecule has 7 nitrogen and oxygen atoms in total. The highest BCUT2D eigenvalue weighted by Crippen LogP contribution is 2.42. The number of rotatable bonds is 6. The van der Waals surface area contributed by atoms with Crippen LogP contribution in [0, 0.1) is 13.8 Å². The highest BCUT2D eigenvalue weighted by atomic mass is 16.5. The number of hydrogen-bond acceptors (Lipinski definition) is 6. The number of phenols is 1. The number of aromatic hydroxyl groups is 1. The van der Waals surface area contributed by atoms with Gasteiger partial charge in [0.05, 0.1) is 18.7 Å². The van der Waals surface area contributed by atoms with E-state index in [0.29, 0.717) is 24.2 Å². The van der Waals surface area contributed by atoms with Crippen LogP contribution in [0.1, 0.15) is 28.3 Å². The number of likely N-dealkylation sites (N-methyl/N-ethyl adjacent to an activating group) is 1. The molecule has 1 atom stereocenters. The molecule has 2 aromatic carbocycles. The fourth-order valence-corrected chi connectivity index (χ4v) is 3.77. The number of phenolic OH excluding ortho intramolecular Hbond substituents is 1. The highest BCUT2D eigenvalue weighted by molar-refractivity contribution is 6.46. The molecule has 2 N–H and O–H groups in total. The van der Waals surface area contributed by atoms with Crippen LogP contribution in [0.25, 0.3) is 5.76 Å². The Hall–Kier alpha value is -3.32. The van der Waals surface area contributed by atoms with Gasteiger partial charge in [-0.15, -0.1) is 0 Å². The summed E-state index contributed by atoms with van der Waals surface area (Å²) in [4.78, 5) is 29.4. The van der Waals surface area contributed by atoms with Crippen molar-refractivity contribution in [3.63, 3.8) is 0 Å². The molecule has 0 radical (unpaired) electrons. The minimum absolute atomic E-state index is 0.0326. The topological polar surface area (TPSA) is 90.3 Å². The molecule has 0 spiro atoms. The number of Topliss-reactive ketones (excluding diaryl/α,β-unsaturated/α-hetero) is 1. The number of carbonyl (C=O) groups excluding carboxylic acids is 2. The van der Waals surface area contributed by atoms with E-state index in [0.717, 1.165) is 11.1 Å². The van der Waals surface area contributed by atoms with Crippen LogP contribution in [0.2, 0.25) is 0 Å². The maximum absolute atomic E-state index is 13.1. The summed E-state index contributed by atoms with van der Waals surface area (Å²) in [5, 5.41) is 21.2. The number of amides is 1. The number of aryl methyl sites for hydroxylation is 2. The molecule has 0 unspecified atom stereocenters. The van der Waals surface area contributed by atoms with Crippen molar-refractivity contribution in [1.29, 1.82) is 0 Å². The highest BCUT2D eigenvalue weighted by Gasteiger charge is 2.46. The van der Waals surface area contributed by atoms with E-state index in [1.165, 1.54) is 18.1 Å². The zero-order valence-electron chi connectivity index (χ0n) is 18.5. The minimum Gasteiger partial charge on any atom is -0.507 e. The number of ether oxygens (including phenoxy) is 1. The van der Waals surface area contributed by atoms with Crippen molar-refractivity contribution < 1.29 is 24.5 Å². The van der Waals surface area contributed by atoms with Gasteiger partial charge in [0.25, 0.3) is 11.7 Å². The quantitative estimate of drug-likeness (QED) is 0.421. The van der Waals surface area contributed by atoms with Crippen molar-refractivity contribution in [2.24, 2.45) is 0 Å². The van der Waals surface area contributed by atoms with Crippen LogP contribution in [0.15, 0.2) is 42.0 Å². The van der Waals surface area contributed by atoms with Gasteiger partial charge < -0.3 is 24.7 Å². The van der Waals surface area contributed by atoms with Gasteiger partial charge in [0, 0.05) is 18.7 Å². The first-order valence-corrected chi connectivity index (χ1v) is 10.0. The second-order valence-corrected chi connectivity index (χ2v) is 8.05. The Labute approximate surface area is 182 Å². The molecule has 1 fully saturated rings. The maximum atomic E-state index is 13.1. The van der Waals surface area contributed by atoms with Crippen LogP contribution in [0.4, 0.5) is 0 Å². The molecule has 0 aliphatic carbocycles. The summed E-state index contributed by atoms with van der Waals surface area (Å²) in [5.41, 5.74) is 2.84. The molecule has 1 heterocycles. The number of hydrogen-bond donors (Lipinski definition) is 2. The Morgan fingerprint density at radius 1 is 1.13 bits per heavy atom. The van der Waals surface area contributed by atoms with E-state index in [2.05, 4.69) is 0 Å². The maximum Gasteiger partial charge on any atom is 0.295 e. The van der Waals surface area contributed by atoms with Crippen LogP contribution < -0.4 is 4.74 Å². The van der Waals surface area contributed by atoms with Crippen molar-refractivity contribution in [1.82, 2.24) is 9.80 Å². The average Bonchev–Trinajstić information content (AvgIpc) is 2.98. The second-order valence-electron chi connectivity index (χ2n) is 8.05. The second kappa shape index (κ2) is 8.81. The van der Waals surface area contributed by atoms with E-state index in [1.54, 1.807) is 18.2 Å². The standard InChI is InChI=1S/C24H28N2O5/c1-14-6-7-15(2)17(12-14)22(28)20-21(16-8-9-18(27)19(13-16)31-5)26(11-10-25(3)4)24(30)23(20)29/h6-9,12-13,21,27-28H,10-11H2,1-5H3/b22-20+/t21-/m0/s1. The van der Waals surface area contributed by atoms with Crippen LogP contribution in [0.5, 0.6) is 11.5 Å². The Morgan fingerprint density at radius 3 is 2.48 bits per heavy atom. The third kappa shape index (κ3) is 4.27. The van der Waals surface area contributed by atoms with Gasteiger partial charge in [-0.2, -0.15) is 0 Å². The lowest BCUT2D eigenvalue weighted by molar-refractivity contribution is -0.140. The number of methoxy groups -OCH3 is 1. The van der Waals surface area contributed by atoms with E-state index < -0.39 is 17.7 Å². The zero-order valence-corrected chi connectivity index (χ0v) is 18.5. The van der Waals surface area contributed by atoms with E-state index >= 15 is 0 Å². The number of aliphatic hydroxyl groups excluding tert-OH is 1. The average molecular weight is 424 g/mol. The first-order valence-electron chi connectivity index (χ1n) is 10.0. The Balaban J connectivity index is 2.23. The number of benzene rings is 2. The molecule has 2 aromatic rings. The molecule has 7 heteroatoms. The minimum atomic E-state index is -0.797. The Bertz CT molecular complexity index is 1060. The third-order valence-corrected chi connectivity index (χ3v) is 5.50. The predicted molar refractivity (Wildman–Crippen MR) is 118 cm³/mol. The molecule has 1 saturated heterocycles. The van der Waals surface area contributed by atoms with Gasteiger partial charge in [-0.3, -0.25) is 9.59 Å². The molecule has 3 rings (SSSR count). The predicted octanol–water partition coefficient (Wildman–Crippen LogP) is 3.00. The van der Waals surface area contributed by atoms with Crippen molar-refractivity contribution in [3.8, 4) is 11.5 Å². The summed E-state index contributed by atoms with van der Waals surface area (Å²) >= 11 is 0. The third-order valence-electron chi connectivity index (χ3n) is 5.50. The summed E-state index contributed by atoms with van der Waals surface area (Å²) in [6.07, 6.45) is 0. The Morgan fingerprint density at radius 2 is 1.84 bits per heavy atom. The number of nitrogens with zero attached hydrogens (tertiary/aromatic N) is 2. The van der Waals surface area contributed by atoms with Crippen molar-refractivity contribution >= 4 is 17.4 Å². The molecule has 0 saturated carbocycles. The monoisotopic (exact) mass is 424 g/mol. The molecule has 1 amide bonds. The van der Waals surface area contributed by atoms with Crippen molar-refractivity contribution in [3.05, 3.63) is 64.2 Å². The van der Waals surface area contributed by atoms with Gasteiger partial charge in [0.2, 0.25) is 0 Å². The molecule has 31 heavy (non-hydrogen) atoms. The summed E-state index contributed by atoms with van der Waals surface area (Å²) in [5.74, 6) is -1.42. The normalized spacial score (nSPS) is 18.1. The Kier molecular flexibility index (Phi) is 6.36. The van der Waals surface area contributed by atoms with E-state index in [-0.39, 0.29) is 22.8 Å². The lowest BCUT2D eigenvalue weighted by Gasteiger charge is -2.27. The summed E-state index contributed by atoms with van der Waals surface area (Å²) in [6, 6.07) is 9.47. The molecule has 1 aliphatic heterocycles. The van der Waals surface area contributed by atoms with E-state index in [4.69, 9.17) is 4.74 Å². The molecule has 164 valence electrons. The summed E-state index contributed by atoms with van der Waals surface area (Å²) in [6.45, 7) is 4.58. The smallest absolute Gasteiger partial charge is 0.295 e.